The molecule has 0 amide bonds. The van der Waals surface area contributed by atoms with Crippen LogP contribution in [-0.2, 0) is 32.3 Å². The van der Waals surface area contributed by atoms with E-state index in [-0.39, 0.29) is 12.7 Å². The van der Waals surface area contributed by atoms with Crippen LogP contribution in [0, 0.1) is 0 Å². The maximum absolute atomic E-state index is 11.7. The van der Waals surface area contributed by atoms with Gasteiger partial charge in [-0.05, 0) is 33.8 Å². The Morgan fingerprint density at radius 1 is 1.24 bits per heavy atom. The highest BCUT2D eigenvalue weighted by atomic mass is 16.6. The number of benzene rings is 1. The zero-order chi connectivity index (χ0) is 19.0. The second-order valence-corrected chi connectivity index (χ2v) is 6.10. The van der Waals surface area contributed by atoms with E-state index in [9.17, 15) is 4.79 Å². The van der Waals surface area contributed by atoms with E-state index in [4.69, 9.17) is 14.2 Å². The van der Waals surface area contributed by atoms with Crippen molar-refractivity contribution in [1.29, 1.82) is 0 Å². The van der Waals surface area contributed by atoms with Crippen LogP contribution in [0.1, 0.15) is 47.2 Å². The van der Waals surface area contributed by atoms with Gasteiger partial charge >= 0.3 is 5.97 Å². The van der Waals surface area contributed by atoms with Crippen LogP contribution < -0.4 is 0 Å². The summed E-state index contributed by atoms with van der Waals surface area (Å²) in [6.45, 7) is 11.9. The lowest BCUT2D eigenvalue weighted by molar-refractivity contribution is -0.166. The molecule has 0 unspecified atom stereocenters. The summed E-state index contributed by atoms with van der Waals surface area (Å²) in [7, 11) is 1.35. The summed E-state index contributed by atoms with van der Waals surface area (Å²) in [5.74, 6) is -0.413. The van der Waals surface area contributed by atoms with Gasteiger partial charge < -0.3 is 14.2 Å². The van der Waals surface area contributed by atoms with Crippen molar-refractivity contribution in [2.45, 2.75) is 66.6 Å². The van der Waals surface area contributed by atoms with E-state index in [2.05, 4.69) is 5.10 Å². The van der Waals surface area contributed by atoms with Gasteiger partial charge in [0.05, 0.1) is 31.0 Å². The number of rotatable bonds is 7. The molecule has 1 aromatic carbocycles. The van der Waals surface area contributed by atoms with Crippen molar-refractivity contribution in [3.63, 3.8) is 0 Å². The first-order valence-corrected chi connectivity index (χ1v) is 8.63. The van der Waals surface area contributed by atoms with Gasteiger partial charge in [-0.25, -0.2) is 9.48 Å². The van der Waals surface area contributed by atoms with Crippen LogP contribution in [0.3, 0.4) is 0 Å². The number of methoxy groups -OCH3 is 1. The number of para-hydroxylation sites is 1. The van der Waals surface area contributed by atoms with Crippen LogP contribution in [-0.4, -0.2) is 34.6 Å². The molecular weight excluding hydrogens is 320 g/mol. The number of carbonyl (C=O) groups is 1. The summed E-state index contributed by atoms with van der Waals surface area (Å²) >= 11 is 0. The first-order valence-electron chi connectivity index (χ1n) is 8.63. The van der Waals surface area contributed by atoms with Gasteiger partial charge in [0.25, 0.3) is 0 Å². The first-order chi connectivity index (χ1) is 11.8. The summed E-state index contributed by atoms with van der Waals surface area (Å²) in [6.07, 6.45) is 0.121. The topological polar surface area (TPSA) is 62.6 Å². The smallest absolute Gasteiger partial charge is 0.337 e. The molecule has 0 saturated heterocycles. The van der Waals surface area contributed by atoms with E-state index in [1.54, 1.807) is 18.5 Å². The van der Waals surface area contributed by atoms with E-state index in [1.807, 2.05) is 52.0 Å². The van der Waals surface area contributed by atoms with Gasteiger partial charge in [0.2, 0.25) is 0 Å². The first kappa shape index (κ1) is 21.1. The van der Waals surface area contributed by atoms with Crippen molar-refractivity contribution >= 4 is 16.9 Å². The van der Waals surface area contributed by atoms with Gasteiger partial charge in [0.15, 0.2) is 5.60 Å². The van der Waals surface area contributed by atoms with E-state index in [0.717, 1.165) is 16.6 Å². The van der Waals surface area contributed by atoms with Gasteiger partial charge in [-0.3, -0.25) is 0 Å². The fourth-order valence-electron chi connectivity index (χ4n) is 2.17. The molecule has 25 heavy (non-hydrogen) atoms. The van der Waals surface area contributed by atoms with Gasteiger partial charge in [0.1, 0.15) is 6.73 Å². The monoisotopic (exact) mass is 350 g/mol. The maximum atomic E-state index is 11.7. The van der Waals surface area contributed by atoms with Crippen molar-refractivity contribution in [3.8, 4) is 0 Å². The van der Waals surface area contributed by atoms with Gasteiger partial charge in [-0.1, -0.05) is 32.0 Å². The van der Waals surface area contributed by atoms with Crippen LogP contribution in [0.4, 0.5) is 0 Å². The van der Waals surface area contributed by atoms with E-state index in [0.29, 0.717) is 6.73 Å². The summed E-state index contributed by atoms with van der Waals surface area (Å²) in [5.41, 5.74) is 0.723. The van der Waals surface area contributed by atoms with E-state index >= 15 is 0 Å². The number of esters is 1. The Morgan fingerprint density at radius 3 is 2.48 bits per heavy atom. The zero-order valence-electron chi connectivity index (χ0n) is 16.3. The molecule has 0 spiro atoms. The van der Waals surface area contributed by atoms with Crippen molar-refractivity contribution in [1.82, 2.24) is 9.78 Å². The second kappa shape index (κ2) is 9.53. The molecule has 6 nitrogen and oxygen atoms in total. The molecule has 0 aliphatic heterocycles. The summed E-state index contributed by atoms with van der Waals surface area (Å²) in [4.78, 5) is 11.7. The minimum Gasteiger partial charge on any atom is -0.467 e. The van der Waals surface area contributed by atoms with Crippen LogP contribution >= 0.6 is 0 Å². The molecule has 6 heteroatoms. The Bertz CT molecular complexity index is 677. The molecule has 0 bridgehead atoms. The third-order valence-electron chi connectivity index (χ3n) is 3.51. The van der Waals surface area contributed by atoms with Crippen LogP contribution in [0.25, 0.3) is 10.9 Å². The quantitative estimate of drug-likeness (QED) is 0.708. The average molecular weight is 350 g/mol. The molecule has 140 valence electrons. The molecule has 1 aromatic heterocycles. The summed E-state index contributed by atoms with van der Waals surface area (Å²) < 4.78 is 17.9. The fourth-order valence-corrected chi connectivity index (χ4v) is 2.17. The number of hydrogen-bond acceptors (Lipinski definition) is 5. The number of aromatic nitrogens is 2. The molecule has 0 atom stereocenters. The molecule has 0 aliphatic carbocycles. The lowest BCUT2D eigenvalue weighted by Gasteiger charge is -2.21. The molecule has 0 radical (unpaired) electrons. The van der Waals surface area contributed by atoms with Gasteiger partial charge in [0, 0.05) is 5.39 Å². The van der Waals surface area contributed by atoms with Crippen LogP contribution in [0.5, 0.6) is 0 Å². The van der Waals surface area contributed by atoms with Gasteiger partial charge in [-0.15, -0.1) is 0 Å². The van der Waals surface area contributed by atoms with Crippen molar-refractivity contribution < 1.29 is 19.0 Å². The SMILES string of the molecule is CC.COC(=O)C(C)(C)OCc1nn(COC(C)C)c2ccccc12. The molecule has 0 N–H and O–H groups in total. The Labute approximate surface area is 150 Å². The Morgan fingerprint density at radius 2 is 1.88 bits per heavy atom. The van der Waals surface area contributed by atoms with Crippen molar-refractivity contribution in [2.75, 3.05) is 7.11 Å². The van der Waals surface area contributed by atoms with Crippen LogP contribution in [0.15, 0.2) is 24.3 Å². The molecular formula is C19H30N2O4. The number of nitrogens with zero attached hydrogens (tertiary/aromatic N) is 2. The highest BCUT2D eigenvalue weighted by Crippen LogP contribution is 2.22. The number of carbonyl (C=O) groups excluding carboxylic acids is 1. The maximum Gasteiger partial charge on any atom is 0.337 e. The standard InChI is InChI=1S/C17H24N2O4.C2H6/c1-12(2)22-11-19-15-9-7-6-8-13(15)14(18-19)10-23-17(3,4)16(20)21-5;1-2/h6-9,12H,10-11H2,1-5H3;1-2H3. The van der Waals surface area contributed by atoms with Crippen molar-refractivity contribution in [2.24, 2.45) is 0 Å². The Kier molecular flexibility index (Phi) is 8.06. The predicted molar refractivity (Wildman–Crippen MR) is 98.2 cm³/mol. The molecule has 0 fully saturated rings. The molecule has 1 heterocycles. The lowest BCUT2D eigenvalue weighted by Crippen LogP contribution is -2.35. The zero-order valence-corrected chi connectivity index (χ0v) is 16.3. The van der Waals surface area contributed by atoms with Crippen molar-refractivity contribution in [3.05, 3.63) is 30.0 Å². The lowest BCUT2D eigenvalue weighted by atomic mass is 10.1. The third kappa shape index (κ3) is 5.54. The highest BCUT2D eigenvalue weighted by Gasteiger charge is 2.30. The van der Waals surface area contributed by atoms with E-state index in [1.165, 1.54) is 7.11 Å². The van der Waals surface area contributed by atoms with E-state index < -0.39 is 11.6 Å². The summed E-state index contributed by atoms with van der Waals surface area (Å²) in [6, 6.07) is 7.88. The van der Waals surface area contributed by atoms with Gasteiger partial charge in [-0.2, -0.15) is 5.10 Å². The predicted octanol–water partition coefficient (Wildman–Crippen LogP) is 3.91. The molecule has 0 saturated carbocycles. The molecule has 0 aliphatic rings. The average Bonchev–Trinajstić information content (AvgIpc) is 2.97. The van der Waals surface area contributed by atoms with Crippen LogP contribution in [0.2, 0.25) is 0 Å². The fraction of sp³-hybridized carbons (Fsp3) is 0.579. The molecule has 2 aromatic rings. The second-order valence-electron chi connectivity index (χ2n) is 6.10. The molecule has 2 rings (SSSR count). The number of fused-ring (bicyclic) bond motifs is 1. The minimum atomic E-state index is -1.02. The summed E-state index contributed by atoms with van der Waals surface area (Å²) in [5, 5.41) is 5.55. The third-order valence-corrected chi connectivity index (χ3v) is 3.51. The minimum absolute atomic E-state index is 0.121. The largest absolute Gasteiger partial charge is 0.467 e. The Hall–Kier alpha value is -1.92. The number of hydrogen-bond donors (Lipinski definition) is 0. The number of ether oxygens (including phenoxy) is 3. The highest BCUT2D eigenvalue weighted by molar-refractivity contribution is 5.82. The Balaban J connectivity index is 0.00000151. The normalized spacial score (nSPS) is 11.4.